The van der Waals surface area contributed by atoms with E-state index in [0.29, 0.717) is 12.2 Å². The summed E-state index contributed by atoms with van der Waals surface area (Å²) in [5.41, 5.74) is 2.24. The Bertz CT molecular complexity index is 831. The monoisotopic (exact) mass is 380 g/mol. The van der Waals surface area contributed by atoms with E-state index in [1.165, 1.54) is 18.2 Å². The lowest BCUT2D eigenvalue weighted by Gasteiger charge is -2.17. The van der Waals surface area contributed by atoms with E-state index in [-0.39, 0.29) is 34.9 Å². The fourth-order valence-electron chi connectivity index (χ4n) is 2.99. The Hall–Kier alpha value is -2.38. The molecule has 2 rings (SSSR count). The summed E-state index contributed by atoms with van der Waals surface area (Å²) in [5.74, 6) is 0.0376. The lowest BCUT2D eigenvalue weighted by Crippen LogP contribution is -2.16. The van der Waals surface area contributed by atoms with Gasteiger partial charge in [0.1, 0.15) is 5.75 Å². The number of carbonyl (C=O) groups is 1. The van der Waals surface area contributed by atoms with Gasteiger partial charge in [-0.2, -0.15) is 0 Å². The highest BCUT2D eigenvalue weighted by Crippen LogP contribution is 2.29. The molecule has 0 amide bonds. The highest BCUT2D eigenvalue weighted by molar-refractivity contribution is 6.32. The van der Waals surface area contributed by atoms with Crippen LogP contribution in [0.3, 0.4) is 0 Å². The molecule has 1 unspecified atom stereocenters. The second-order valence-electron chi connectivity index (χ2n) is 6.04. The first-order chi connectivity index (χ1) is 12.3. The minimum atomic E-state index is -0.545. The SMILES string of the molecule is COCC(C)n1c(C)cc(C(=O)COc2ccc([N+](=O)[O-])cc2Cl)c1C. The Labute approximate surface area is 156 Å². The first kappa shape index (κ1) is 19.9. The van der Waals surface area contributed by atoms with Crippen molar-refractivity contribution in [2.24, 2.45) is 0 Å². The van der Waals surface area contributed by atoms with Gasteiger partial charge in [-0.15, -0.1) is 0 Å². The van der Waals surface area contributed by atoms with E-state index in [1.54, 1.807) is 7.11 Å². The van der Waals surface area contributed by atoms with E-state index in [2.05, 4.69) is 4.57 Å². The summed E-state index contributed by atoms with van der Waals surface area (Å²) in [5, 5.41) is 10.8. The number of methoxy groups -OCH3 is 1. The minimum Gasteiger partial charge on any atom is -0.484 e. The fraction of sp³-hybridized carbons (Fsp3) is 0.389. The maximum Gasteiger partial charge on any atom is 0.271 e. The molecule has 1 aromatic heterocycles. The topological polar surface area (TPSA) is 83.6 Å². The van der Waals surface area contributed by atoms with Crippen molar-refractivity contribution >= 4 is 23.1 Å². The number of aromatic nitrogens is 1. The average molecular weight is 381 g/mol. The number of ether oxygens (including phenoxy) is 2. The lowest BCUT2D eigenvalue weighted by molar-refractivity contribution is -0.384. The molecule has 0 spiro atoms. The summed E-state index contributed by atoms with van der Waals surface area (Å²) in [4.78, 5) is 22.7. The van der Waals surface area contributed by atoms with Gasteiger partial charge in [-0.1, -0.05) is 11.6 Å². The van der Waals surface area contributed by atoms with E-state index >= 15 is 0 Å². The molecule has 7 nitrogen and oxygen atoms in total. The Morgan fingerprint density at radius 2 is 2.04 bits per heavy atom. The number of nitro groups is 1. The second-order valence-corrected chi connectivity index (χ2v) is 6.45. The summed E-state index contributed by atoms with van der Waals surface area (Å²) >= 11 is 5.98. The maximum absolute atomic E-state index is 12.6. The van der Waals surface area contributed by atoms with Crippen molar-refractivity contribution in [2.75, 3.05) is 20.3 Å². The van der Waals surface area contributed by atoms with Crippen LogP contribution in [0.4, 0.5) is 5.69 Å². The number of hydrogen-bond acceptors (Lipinski definition) is 5. The zero-order valence-corrected chi connectivity index (χ0v) is 15.9. The highest BCUT2D eigenvalue weighted by atomic mass is 35.5. The van der Waals surface area contributed by atoms with Gasteiger partial charge in [0.2, 0.25) is 5.78 Å². The number of rotatable bonds is 8. The number of aryl methyl sites for hydroxylation is 1. The smallest absolute Gasteiger partial charge is 0.271 e. The van der Waals surface area contributed by atoms with Crippen LogP contribution in [0.1, 0.15) is 34.7 Å². The van der Waals surface area contributed by atoms with Gasteiger partial charge in [-0.05, 0) is 32.9 Å². The molecule has 2 aromatic rings. The molecule has 1 atom stereocenters. The third-order valence-corrected chi connectivity index (χ3v) is 4.41. The van der Waals surface area contributed by atoms with Crippen LogP contribution >= 0.6 is 11.6 Å². The molecule has 0 saturated carbocycles. The Morgan fingerprint density at radius 3 is 2.62 bits per heavy atom. The molecule has 1 heterocycles. The number of benzene rings is 1. The third-order valence-electron chi connectivity index (χ3n) is 4.12. The highest BCUT2D eigenvalue weighted by Gasteiger charge is 2.20. The summed E-state index contributed by atoms with van der Waals surface area (Å²) < 4.78 is 12.7. The Kier molecular flexibility index (Phi) is 6.39. The summed E-state index contributed by atoms with van der Waals surface area (Å²) in [6, 6.07) is 5.79. The van der Waals surface area contributed by atoms with Gasteiger partial charge in [-0.3, -0.25) is 14.9 Å². The third kappa shape index (κ3) is 4.23. The standard InChI is InChI=1S/C18H21ClN2O5/c1-11-7-15(13(3)20(11)12(2)9-25-4)17(22)10-26-18-6-5-14(21(23)24)8-16(18)19/h5-8,12H,9-10H2,1-4H3. The molecular formula is C18H21ClN2O5. The molecule has 0 bridgehead atoms. The first-order valence-corrected chi connectivity index (χ1v) is 8.41. The van der Waals surface area contributed by atoms with Crippen molar-refractivity contribution in [2.45, 2.75) is 26.8 Å². The van der Waals surface area contributed by atoms with Crippen molar-refractivity contribution in [3.63, 3.8) is 0 Å². The van der Waals surface area contributed by atoms with Crippen LogP contribution in [0, 0.1) is 24.0 Å². The number of non-ortho nitro benzene ring substituents is 1. The van der Waals surface area contributed by atoms with Crippen LogP contribution in [-0.2, 0) is 4.74 Å². The normalized spacial score (nSPS) is 12.0. The number of Topliss-reactive ketones (excluding diaryl/α,β-unsaturated/α-hetero) is 1. The molecule has 0 aliphatic carbocycles. The van der Waals surface area contributed by atoms with Crippen molar-refractivity contribution in [3.8, 4) is 5.75 Å². The Balaban J connectivity index is 2.14. The van der Waals surface area contributed by atoms with Crippen molar-refractivity contribution < 1.29 is 19.2 Å². The molecule has 1 aromatic carbocycles. The largest absolute Gasteiger partial charge is 0.484 e. The molecule has 8 heteroatoms. The predicted molar refractivity (Wildman–Crippen MR) is 98.4 cm³/mol. The number of hydrogen-bond donors (Lipinski definition) is 0. The molecule has 26 heavy (non-hydrogen) atoms. The number of ketones is 1. The summed E-state index contributed by atoms with van der Waals surface area (Å²) in [7, 11) is 1.64. The van der Waals surface area contributed by atoms with Crippen molar-refractivity contribution in [3.05, 3.63) is 56.4 Å². The maximum atomic E-state index is 12.6. The van der Waals surface area contributed by atoms with Crippen LogP contribution in [0.15, 0.2) is 24.3 Å². The van der Waals surface area contributed by atoms with Gasteiger partial charge in [-0.25, -0.2) is 0 Å². The molecule has 0 fully saturated rings. The summed E-state index contributed by atoms with van der Waals surface area (Å²) in [6.45, 7) is 6.17. The van der Waals surface area contributed by atoms with E-state index in [4.69, 9.17) is 21.1 Å². The molecule has 0 saturated heterocycles. The van der Waals surface area contributed by atoms with Crippen molar-refractivity contribution in [1.29, 1.82) is 0 Å². The Morgan fingerprint density at radius 1 is 1.35 bits per heavy atom. The average Bonchev–Trinajstić information content (AvgIpc) is 2.88. The van der Waals surface area contributed by atoms with Gasteiger partial charge < -0.3 is 14.0 Å². The first-order valence-electron chi connectivity index (χ1n) is 8.03. The number of halogens is 1. The zero-order chi connectivity index (χ0) is 19.4. The van der Waals surface area contributed by atoms with Gasteiger partial charge in [0, 0.05) is 36.2 Å². The van der Waals surface area contributed by atoms with E-state index in [0.717, 1.165) is 11.4 Å². The van der Waals surface area contributed by atoms with Crippen LogP contribution in [-0.4, -0.2) is 35.6 Å². The molecule has 0 N–H and O–H groups in total. The van der Waals surface area contributed by atoms with Crippen molar-refractivity contribution in [1.82, 2.24) is 4.57 Å². The zero-order valence-electron chi connectivity index (χ0n) is 15.1. The van der Waals surface area contributed by atoms with E-state index in [9.17, 15) is 14.9 Å². The van der Waals surface area contributed by atoms with Gasteiger partial charge in [0.25, 0.3) is 5.69 Å². The predicted octanol–water partition coefficient (Wildman–Crippen LogP) is 4.14. The molecule has 140 valence electrons. The van der Waals surface area contributed by atoms with E-state index in [1.807, 2.05) is 26.8 Å². The minimum absolute atomic E-state index is 0.0891. The van der Waals surface area contributed by atoms with Crippen LogP contribution < -0.4 is 4.74 Å². The van der Waals surface area contributed by atoms with Crippen LogP contribution in [0.2, 0.25) is 5.02 Å². The number of carbonyl (C=O) groups excluding carboxylic acids is 1. The fourth-order valence-corrected chi connectivity index (χ4v) is 3.22. The van der Waals surface area contributed by atoms with Crippen LogP contribution in [0.5, 0.6) is 5.75 Å². The molecule has 0 radical (unpaired) electrons. The number of nitro benzene ring substituents is 1. The number of nitrogens with zero attached hydrogens (tertiary/aromatic N) is 2. The quantitative estimate of drug-likeness (QED) is 0.390. The van der Waals surface area contributed by atoms with E-state index < -0.39 is 4.92 Å². The van der Waals surface area contributed by atoms with Gasteiger partial charge in [0.15, 0.2) is 6.61 Å². The van der Waals surface area contributed by atoms with Crippen LogP contribution in [0.25, 0.3) is 0 Å². The van der Waals surface area contributed by atoms with Gasteiger partial charge in [0.05, 0.1) is 22.6 Å². The summed E-state index contributed by atoms with van der Waals surface area (Å²) in [6.07, 6.45) is 0. The van der Waals surface area contributed by atoms with Gasteiger partial charge >= 0.3 is 0 Å². The molecule has 0 aliphatic heterocycles. The lowest BCUT2D eigenvalue weighted by atomic mass is 10.1. The molecular weight excluding hydrogens is 360 g/mol. The molecule has 0 aliphatic rings. The second kappa shape index (κ2) is 8.33.